The van der Waals surface area contributed by atoms with Crippen LogP contribution in [0.3, 0.4) is 0 Å². The molecule has 2 heterocycles. The van der Waals surface area contributed by atoms with Crippen LogP contribution in [-0.4, -0.2) is 24.6 Å². The van der Waals surface area contributed by atoms with Crippen LogP contribution < -0.4 is 0 Å². The van der Waals surface area contributed by atoms with Gasteiger partial charge in [-0.25, -0.2) is 18.4 Å². The Kier molecular flexibility index (Phi) is 4.47. The second-order valence-electron chi connectivity index (χ2n) is 6.06. The standard InChI is InChI=1S/C18H15F3N2O2S/c1-11-14(10-13-4-3-7-22-17(13)23-11)8-12-5-6-16(26(2,24)25)15(9-12)18(19,20)21/h3-7,9-10H,8H2,1-2H3. The number of aromatic nitrogens is 2. The van der Waals surface area contributed by atoms with Crippen molar-refractivity contribution in [2.75, 3.05) is 6.26 Å². The van der Waals surface area contributed by atoms with Crippen molar-refractivity contribution in [1.29, 1.82) is 0 Å². The molecule has 26 heavy (non-hydrogen) atoms. The van der Waals surface area contributed by atoms with E-state index >= 15 is 0 Å². The molecule has 0 aliphatic rings. The van der Waals surface area contributed by atoms with Gasteiger partial charge in [0, 0.05) is 23.5 Å². The molecule has 0 spiro atoms. The number of hydrogen-bond donors (Lipinski definition) is 0. The molecule has 3 rings (SSSR count). The summed E-state index contributed by atoms with van der Waals surface area (Å²) in [5, 5.41) is 0.789. The first kappa shape index (κ1) is 18.3. The molecule has 0 atom stereocenters. The molecule has 0 saturated heterocycles. The minimum atomic E-state index is -4.75. The number of nitrogens with zero attached hydrogens (tertiary/aromatic N) is 2. The van der Waals surface area contributed by atoms with Crippen molar-refractivity contribution in [2.45, 2.75) is 24.4 Å². The summed E-state index contributed by atoms with van der Waals surface area (Å²) in [4.78, 5) is 7.80. The summed E-state index contributed by atoms with van der Waals surface area (Å²) in [5.41, 5.74) is 1.20. The lowest BCUT2D eigenvalue weighted by molar-refractivity contribution is -0.139. The van der Waals surface area contributed by atoms with E-state index < -0.39 is 26.5 Å². The lowest BCUT2D eigenvalue weighted by Crippen LogP contribution is -2.13. The second-order valence-corrected chi connectivity index (χ2v) is 8.04. The van der Waals surface area contributed by atoms with Crippen LogP contribution in [0.15, 0.2) is 47.5 Å². The van der Waals surface area contributed by atoms with Gasteiger partial charge in [-0.05, 0) is 54.8 Å². The predicted molar refractivity (Wildman–Crippen MR) is 91.6 cm³/mol. The Hall–Kier alpha value is -2.48. The number of alkyl halides is 3. The average Bonchev–Trinajstić information content (AvgIpc) is 2.53. The molecule has 0 aliphatic heterocycles. The number of fused-ring (bicyclic) bond motifs is 1. The van der Waals surface area contributed by atoms with Crippen molar-refractivity contribution < 1.29 is 21.6 Å². The fourth-order valence-electron chi connectivity index (χ4n) is 2.77. The molecule has 0 amide bonds. The summed E-state index contributed by atoms with van der Waals surface area (Å²) in [5.74, 6) is 0. The molecule has 0 fully saturated rings. The zero-order chi connectivity index (χ0) is 19.1. The molecule has 3 aromatic rings. The van der Waals surface area contributed by atoms with E-state index in [4.69, 9.17) is 0 Å². The third kappa shape index (κ3) is 3.70. The topological polar surface area (TPSA) is 59.9 Å². The largest absolute Gasteiger partial charge is 0.417 e. The van der Waals surface area contributed by atoms with Crippen LogP contribution in [0.1, 0.15) is 22.4 Å². The molecule has 0 radical (unpaired) electrons. The first-order valence-corrected chi connectivity index (χ1v) is 9.56. The van der Waals surface area contributed by atoms with Crippen LogP contribution in [0.4, 0.5) is 13.2 Å². The van der Waals surface area contributed by atoms with Gasteiger partial charge in [0.25, 0.3) is 0 Å². The Balaban J connectivity index is 2.07. The number of halogens is 3. The zero-order valence-corrected chi connectivity index (χ0v) is 14.8. The third-order valence-electron chi connectivity index (χ3n) is 4.03. The Labute approximate surface area is 148 Å². The highest BCUT2D eigenvalue weighted by Gasteiger charge is 2.36. The maximum Gasteiger partial charge on any atom is 0.417 e. The summed E-state index contributed by atoms with van der Waals surface area (Å²) >= 11 is 0. The van der Waals surface area contributed by atoms with Crippen LogP contribution in [0.25, 0.3) is 11.0 Å². The lowest BCUT2D eigenvalue weighted by Gasteiger charge is -2.14. The molecule has 0 aliphatic carbocycles. The van der Waals surface area contributed by atoms with Gasteiger partial charge in [0.1, 0.15) is 0 Å². The number of sulfone groups is 1. The average molecular weight is 380 g/mol. The lowest BCUT2D eigenvalue weighted by atomic mass is 10.0. The summed E-state index contributed by atoms with van der Waals surface area (Å²) in [6, 6.07) is 8.72. The monoisotopic (exact) mass is 380 g/mol. The number of benzene rings is 1. The van der Waals surface area contributed by atoms with Gasteiger partial charge < -0.3 is 0 Å². The molecule has 2 aromatic heterocycles. The van der Waals surface area contributed by atoms with Crippen LogP contribution in [0, 0.1) is 6.92 Å². The molecule has 4 nitrogen and oxygen atoms in total. The first-order valence-electron chi connectivity index (χ1n) is 7.67. The summed E-state index contributed by atoms with van der Waals surface area (Å²) in [6.07, 6.45) is -2.17. The number of aryl methyl sites for hydroxylation is 1. The van der Waals surface area contributed by atoms with Gasteiger partial charge in [-0.2, -0.15) is 13.2 Å². The highest BCUT2D eigenvalue weighted by Crippen LogP contribution is 2.35. The molecule has 8 heteroatoms. The van der Waals surface area contributed by atoms with Crippen molar-refractivity contribution in [1.82, 2.24) is 9.97 Å². The fraction of sp³-hybridized carbons (Fsp3) is 0.222. The number of hydrogen-bond acceptors (Lipinski definition) is 4. The highest BCUT2D eigenvalue weighted by molar-refractivity contribution is 7.90. The minimum absolute atomic E-state index is 0.205. The Bertz CT molecular complexity index is 1090. The van der Waals surface area contributed by atoms with Gasteiger partial charge in [0.2, 0.25) is 0 Å². The second kappa shape index (κ2) is 6.35. The van der Waals surface area contributed by atoms with E-state index in [1.165, 1.54) is 6.07 Å². The van der Waals surface area contributed by atoms with Crippen molar-refractivity contribution in [3.63, 3.8) is 0 Å². The van der Waals surface area contributed by atoms with Crippen LogP contribution in [0.2, 0.25) is 0 Å². The van der Waals surface area contributed by atoms with Gasteiger partial charge in [0.05, 0.1) is 10.5 Å². The maximum absolute atomic E-state index is 13.3. The molecule has 0 bridgehead atoms. The van der Waals surface area contributed by atoms with Gasteiger partial charge in [-0.3, -0.25) is 0 Å². The van der Waals surface area contributed by atoms with E-state index in [0.29, 0.717) is 16.9 Å². The summed E-state index contributed by atoms with van der Waals surface area (Å²) in [6.45, 7) is 1.76. The molecule has 136 valence electrons. The highest BCUT2D eigenvalue weighted by atomic mass is 32.2. The van der Waals surface area contributed by atoms with Crippen molar-refractivity contribution in [2.24, 2.45) is 0 Å². The normalized spacial score (nSPS) is 12.5. The molecular formula is C18H15F3N2O2S. The van der Waals surface area contributed by atoms with Crippen LogP contribution >= 0.6 is 0 Å². The summed E-state index contributed by atoms with van der Waals surface area (Å²) in [7, 11) is -3.98. The van der Waals surface area contributed by atoms with Crippen LogP contribution in [-0.2, 0) is 22.4 Å². The first-order chi connectivity index (χ1) is 12.1. The van der Waals surface area contributed by atoms with Crippen molar-refractivity contribution in [3.8, 4) is 0 Å². The van der Waals surface area contributed by atoms with E-state index in [2.05, 4.69) is 9.97 Å². The predicted octanol–water partition coefficient (Wildman–Crippen LogP) is 3.95. The van der Waals surface area contributed by atoms with Gasteiger partial charge in [0.15, 0.2) is 15.5 Å². The minimum Gasteiger partial charge on any atom is -0.237 e. The Morgan fingerprint density at radius 1 is 1.12 bits per heavy atom. The number of pyridine rings is 2. The molecular weight excluding hydrogens is 365 g/mol. The SMILES string of the molecule is Cc1nc2ncccc2cc1Cc1ccc(S(C)(=O)=O)c(C(F)(F)F)c1. The molecule has 0 unspecified atom stereocenters. The van der Waals surface area contributed by atoms with E-state index in [9.17, 15) is 21.6 Å². The number of rotatable bonds is 3. The smallest absolute Gasteiger partial charge is 0.237 e. The van der Waals surface area contributed by atoms with Gasteiger partial charge in [-0.1, -0.05) is 6.07 Å². The van der Waals surface area contributed by atoms with E-state index in [1.807, 2.05) is 12.1 Å². The molecule has 0 saturated carbocycles. The Morgan fingerprint density at radius 3 is 2.50 bits per heavy atom. The molecule has 0 N–H and O–H groups in total. The van der Waals surface area contributed by atoms with Crippen molar-refractivity contribution in [3.05, 3.63) is 65.0 Å². The van der Waals surface area contributed by atoms with Gasteiger partial charge >= 0.3 is 6.18 Å². The van der Waals surface area contributed by atoms with Gasteiger partial charge in [-0.15, -0.1) is 0 Å². The fourth-order valence-corrected chi connectivity index (χ4v) is 3.66. The van der Waals surface area contributed by atoms with E-state index in [1.54, 1.807) is 19.2 Å². The quantitative estimate of drug-likeness (QED) is 0.690. The molecule has 1 aromatic carbocycles. The van der Waals surface area contributed by atoms with E-state index in [-0.39, 0.29) is 6.42 Å². The summed E-state index contributed by atoms with van der Waals surface area (Å²) < 4.78 is 63.2. The maximum atomic E-state index is 13.3. The Morgan fingerprint density at radius 2 is 1.85 bits per heavy atom. The van der Waals surface area contributed by atoms with Crippen LogP contribution in [0.5, 0.6) is 0 Å². The third-order valence-corrected chi connectivity index (χ3v) is 5.18. The zero-order valence-electron chi connectivity index (χ0n) is 14.0. The van der Waals surface area contributed by atoms with Crippen molar-refractivity contribution >= 4 is 20.9 Å². The van der Waals surface area contributed by atoms with E-state index in [0.717, 1.165) is 29.3 Å².